The van der Waals surface area contributed by atoms with Crippen LogP contribution in [0.15, 0.2) is 24.5 Å². The van der Waals surface area contributed by atoms with Gasteiger partial charge in [-0.15, -0.1) is 16.4 Å². The zero-order valence-electron chi connectivity index (χ0n) is 10.2. The van der Waals surface area contributed by atoms with Gasteiger partial charge in [-0.3, -0.25) is 10.1 Å². The van der Waals surface area contributed by atoms with Crippen molar-refractivity contribution in [3.63, 3.8) is 0 Å². The van der Waals surface area contributed by atoms with Gasteiger partial charge in [-0.05, 0) is 31.5 Å². The molecule has 0 spiro atoms. The van der Waals surface area contributed by atoms with Crippen LogP contribution in [0.3, 0.4) is 0 Å². The van der Waals surface area contributed by atoms with Crippen molar-refractivity contribution in [2.45, 2.75) is 18.9 Å². The molecule has 1 saturated heterocycles. The van der Waals surface area contributed by atoms with Crippen LogP contribution in [0, 0.1) is 0 Å². The number of anilines is 1. The average molecular weight is 275 g/mol. The third kappa shape index (κ3) is 2.77. The maximum Gasteiger partial charge on any atom is 0.268 e. The van der Waals surface area contributed by atoms with E-state index in [9.17, 15) is 4.79 Å². The SMILES string of the molecule is O=C(Nc1nccnn1)c1ccc(C2CCCN2)s1. The first-order chi connectivity index (χ1) is 9.33. The number of hydrogen-bond acceptors (Lipinski definition) is 6. The summed E-state index contributed by atoms with van der Waals surface area (Å²) in [5.74, 6) is 0.0312. The number of rotatable bonds is 3. The quantitative estimate of drug-likeness (QED) is 0.889. The summed E-state index contributed by atoms with van der Waals surface area (Å²) >= 11 is 1.51. The largest absolute Gasteiger partial charge is 0.309 e. The lowest BCUT2D eigenvalue weighted by Crippen LogP contribution is -2.13. The Morgan fingerprint density at radius 3 is 3.11 bits per heavy atom. The van der Waals surface area contributed by atoms with E-state index < -0.39 is 0 Å². The summed E-state index contributed by atoms with van der Waals surface area (Å²) in [7, 11) is 0. The summed E-state index contributed by atoms with van der Waals surface area (Å²) < 4.78 is 0. The molecule has 7 heteroatoms. The van der Waals surface area contributed by atoms with Crippen molar-refractivity contribution in [3.8, 4) is 0 Å². The second kappa shape index (κ2) is 5.41. The van der Waals surface area contributed by atoms with Crippen molar-refractivity contribution < 1.29 is 4.79 Å². The highest BCUT2D eigenvalue weighted by molar-refractivity contribution is 7.14. The van der Waals surface area contributed by atoms with E-state index in [1.807, 2.05) is 12.1 Å². The number of carbonyl (C=O) groups is 1. The highest BCUT2D eigenvalue weighted by Gasteiger charge is 2.19. The monoisotopic (exact) mass is 275 g/mol. The van der Waals surface area contributed by atoms with Crippen LogP contribution >= 0.6 is 11.3 Å². The van der Waals surface area contributed by atoms with E-state index in [4.69, 9.17) is 0 Å². The maximum absolute atomic E-state index is 12.0. The minimum Gasteiger partial charge on any atom is -0.309 e. The van der Waals surface area contributed by atoms with Gasteiger partial charge in [0, 0.05) is 10.9 Å². The molecule has 1 unspecified atom stereocenters. The molecule has 1 fully saturated rings. The Hall–Kier alpha value is -1.86. The molecule has 2 aromatic heterocycles. The second-order valence-electron chi connectivity index (χ2n) is 4.27. The molecule has 2 N–H and O–H groups in total. The molecule has 6 nitrogen and oxygen atoms in total. The Morgan fingerprint density at radius 2 is 2.37 bits per heavy atom. The number of hydrogen-bond donors (Lipinski definition) is 2. The predicted molar refractivity (Wildman–Crippen MR) is 72.1 cm³/mol. The van der Waals surface area contributed by atoms with Crippen LogP contribution in [0.4, 0.5) is 5.95 Å². The molecular weight excluding hydrogens is 262 g/mol. The van der Waals surface area contributed by atoms with E-state index in [1.54, 1.807) is 0 Å². The molecule has 0 aromatic carbocycles. The normalized spacial score (nSPS) is 18.4. The molecule has 0 bridgehead atoms. The van der Waals surface area contributed by atoms with Crippen molar-refractivity contribution >= 4 is 23.2 Å². The topological polar surface area (TPSA) is 79.8 Å². The number of carbonyl (C=O) groups excluding carboxylic acids is 1. The molecule has 1 aliphatic rings. The molecule has 0 radical (unpaired) electrons. The standard InChI is InChI=1S/C12H13N5OS/c18-11(16-12-14-6-7-15-17-12)10-4-3-9(19-10)8-2-1-5-13-8/h3-4,6-8,13H,1-2,5H2,(H,14,16,17,18). The second-order valence-corrected chi connectivity index (χ2v) is 5.39. The van der Waals surface area contributed by atoms with Gasteiger partial charge < -0.3 is 5.32 Å². The van der Waals surface area contributed by atoms with E-state index in [1.165, 1.54) is 35.0 Å². The lowest BCUT2D eigenvalue weighted by atomic mass is 10.2. The van der Waals surface area contributed by atoms with E-state index in [2.05, 4.69) is 25.8 Å². The van der Waals surface area contributed by atoms with Gasteiger partial charge in [0.25, 0.3) is 5.91 Å². The molecular formula is C12H13N5OS. The lowest BCUT2D eigenvalue weighted by molar-refractivity contribution is 0.102. The zero-order chi connectivity index (χ0) is 13.1. The number of amides is 1. The summed E-state index contributed by atoms with van der Waals surface area (Å²) in [5.41, 5.74) is 0. The summed E-state index contributed by atoms with van der Waals surface area (Å²) in [6.45, 7) is 1.05. The van der Waals surface area contributed by atoms with Gasteiger partial charge in [0.05, 0.1) is 17.3 Å². The predicted octanol–water partition coefficient (Wildman–Crippen LogP) is 1.61. The Kier molecular flexibility index (Phi) is 3.47. The first kappa shape index (κ1) is 12.2. The minimum atomic E-state index is -0.192. The molecule has 3 heterocycles. The molecule has 1 aliphatic heterocycles. The first-order valence-electron chi connectivity index (χ1n) is 6.11. The van der Waals surface area contributed by atoms with E-state index >= 15 is 0 Å². The Labute approximate surface area is 114 Å². The van der Waals surface area contributed by atoms with Crippen LogP contribution in [0.5, 0.6) is 0 Å². The van der Waals surface area contributed by atoms with Crippen LogP contribution < -0.4 is 10.6 Å². The zero-order valence-corrected chi connectivity index (χ0v) is 11.0. The van der Waals surface area contributed by atoms with E-state index in [-0.39, 0.29) is 11.9 Å². The number of nitrogens with one attached hydrogen (secondary N) is 2. The van der Waals surface area contributed by atoms with Gasteiger partial charge in [0.1, 0.15) is 0 Å². The van der Waals surface area contributed by atoms with Gasteiger partial charge in [0.2, 0.25) is 5.95 Å². The average Bonchev–Trinajstić information content (AvgIpc) is 3.11. The lowest BCUT2D eigenvalue weighted by Gasteiger charge is -2.05. The van der Waals surface area contributed by atoms with Crippen molar-refractivity contribution in [2.75, 3.05) is 11.9 Å². The third-order valence-corrected chi connectivity index (χ3v) is 4.16. The van der Waals surface area contributed by atoms with Crippen molar-refractivity contribution in [3.05, 3.63) is 34.3 Å². The van der Waals surface area contributed by atoms with Gasteiger partial charge in [0.15, 0.2) is 0 Å². The summed E-state index contributed by atoms with van der Waals surface area (Å²) in [6, 6.07) is 4.24. The fourth-order valence-electron chi connectivity index (χ4n) is 2.06. The van der Waals surface area contributed by atoms with Crippen LogP contribution in [0.2, 0.25) is 0 Å². The fourth-order valence-corrected chi connectivity index (χ4v) is 3.07. The van der Waals surface area contributed by atoms with Gasteiger partial charge in [-0.2, -0.15) is 5.10 Å². The number of aromatic nitrogens is 3. The third-order valence-electron chi connectivity index (χ3n) is 2.96. The molecule has 0 saturated carbocycles. The van der Waals surface area contributed by atoms with Crippen molar-refractivity contribution in [2.24, 2.45) is 0 Å². The molecule has 2 aromatic rings. The Balaban J connectivity index is 1.70. The van der Waals surface area contributed by atoms with Crippen molar-refractivity contribution in [1.82, 2.24) is 20.5 Å². The Bertz CT molecular complexity index is 565. The molecule has 19 heavy (non-hydrogen) atoms. The fraction of sp³-hybridized carbons (Fsp3) is 0.333. The summed E-state index contributed by atoms with van der Waals surface area (Å²) in [5, 5.41) is 13.4. The number of nitrogens with zero attached hydrogens (tertiary/aromatic N) is 3. The van der Waals surface area contributed by atoms with Gasteiger partial charge in [-0.25, -0.2) is 4.98 Å². The minimum absolute atomic E-state index is 0.192. The molecule has 0 aliphatic carbocycles. The highest BCUT2D eigenvalue weighted by atomic mass is 32.1. The Morgan fingerprint density at radius 1 is 1.42 bits per heavy atom. The van der Waals surface area contributed by atoms with Crippen LogP contribution in [-0.4, -0.2) is 27.6 Å². The summed E-state index contributed by atoms with van der Waals surface area (Å²) in [6.07, 6.45) is 5.27. The maximum atomic E-state index is 12.0. The molecule has 3 rings (SSSR count). The number of thiophene rings is 1. The van der Waals surface area contributed by atoms with E-state index in [0.717, 1.165) is 13.0 Å². The summed E-state index contributed by atoms with van der Waals surface area (Å²) in [4.78, 5) is 17.8. The van der Waals surface area contributed by atoms with Crippen LogP contribution in [0.25, 0.3) is 0 Å². The highest BCUT2D eigenvalue weighted by Crippen LogP contribution is 2.29. The van der Waals surface area contributed by atoms with Crippen LogP contribution in [-0.2, 0) is 0 Å². The van der Waals surface area contributed by atoms with E-state index in [0.29, 0.717) is 10.9 Å². The molecule has 1 amide bonds. The van der Waals surface area contributed by atoms with Crippen molar-refractivity contribution in [1.29, 1.82) is 0 Å². The smallest absolute Gasteiger partial charge is 0.268 e. The van der Waals surface area contributed by atoms with Gasteiger partial charge >= 0.3 is 0 Å². The molecule has 1 atom stereocenters. The van der Waals surface area contributed by atoms with Gasteiger partial charge in [-0.1, -0.05) is 0 Å². The molecule has 98 valence electrons. The first-order valence-corrected chi connectivity index (χ1v) is 6.93. The van der Waals surface area contributed by atoms with Crippen LogP contribution in [0.1, 0.15) is 33.4 Å².